The van der Waals surface area contributed by atoms with Gasteiger partial charge in [-0.15, -0.1) is 11.8 Å². The molecule has 0 radical (unpaired) electrons. The number of thioether (sulfide) groups is 2. The van der Waals surface area contributed by atoms with E-state index in [-0.39, 0.29) is 5.25 Å². The van der Waals surface area contributed by atoms with E-state index < -0.39 is 5.97 Å². The van der Waals surface area contributed by atoms with E-state index in [0.29, 0.717) is 6.42 Å². The molecule has 0 fully saturated rings. The largest absolute Gasteiger partial charge is 0.480 e. The van der Waals surface area contributed by atoms with Crippen LogP contribution in [0.2, 0.25) is 0 Å². The van der Waals surface area contributed by atoms with Crippen molar-refractivity contribution in [1.82, 2.24) is 0 Å². The second-order valence-electron chi connectivity index (χ2n) is 4.95. The van der Waals surface area contributed by atoms with Gasteiger partial charge in [0.1, 0.15) is 5.25 Å². The van der Waals surface area contributed by atoms with Gasteiger partial charge in [-0.3, -0.25) is 4.79 Å². The first-order valence-electron chi connectivity index (χ1n) is 7.25. The summed E-state index contributed by atoms with van der Waals surface area (Å²) in [5.41, 5.74) is 2.46. The Morgan fingerprint density at radius 3 is 2.00 bits per heavy atom. The van der Waals surface area contributed by atoms with Gasteiger partial charge in [0.25, 0.3) is 0 Å². The lowest BCUT2D eigenvalue weighted by atomic mass is 10.2. The molecule has 2 rings (SSSR count). The van der Waals surface area contributed by atoms with Crippen LogP contribution in [0, 0.1) is 0 Å². The number of hydrogen-bond donors (Lipinski definition) is 1. The molecule has 2 aromatic carbocycles. The number of carboxylic acid groups (broad SMARTS) is 1. The molecule has 0 saturated carbocycles. The van der Waals surface area contributed by atoms with Crippen LogP contribution >= 0.6 is 23.5 Å². The van der Waals surface area contributed by atoms with E-state index in [1.54, 1.807) is 11.8 Å². The maximum atomic E-state index is 11.4. The zero-order valence-corrected chi connectivity index (χ0v) is 14.0. The minimum Gasteiger partial charge on any atom is -0.480 e. The average Bonchev–Trinajstić information content (AvgIpc) is 2.55. The van der Waals surface area contributed by atoms with Gasteiger partial charge < -0.3 is 5.11 Å². The maximum absolute atomic E-state index is 11.4. The van der Waals surface area contributed by atoms with E-state index >= 15 is 0 Å². The fraction of sp³-hybridized carbons (Fsp3) is 0.278. The number of hydrogen-bond acceptors (Lipinski definition) is 3. The second-order valence-corrected chi connectivity index (χ2v) is 7.25. The summed E-state index contributed by atoms with van der Waals surface area (Å²) in [7, 11) is 0. The van der Waals surface area contributed by atoms with Crippen molar-refractivity contribution in [2.75, 3.05) is 5.75 Å². The SMILES string of the molecule is O=C(O)C(CCSCc1ccccc1)SCc1ccccc1. The lowest BCUT2D eigenvalue weighted by molar-refractivity contribution is -0.136. The van der Waals surface area contributed by atoms with Crippen LogP contribution < -0.4 is 0 Å². The van der Waals surface area contributed by atoms with Gasteiger partial charge in [0, 0.05) is 11.5 Å². The summed E-state index contributed by atoms with van der Waals surface area (Å²) in [5, 5.41) is 9.01. The predicted octanol–water partition coefficient (Wildman–Crippen LogP) is 4.70. The average molecular weight is 332 g/mol. The fourth-order valence-corrected chi connectivity index (χ4v) is 4.14. The lowest BCUT2D eigenvalue weighted by Gasteiger charge is -2.12. The summed E-state index contributed by atoms with van der Waals surface area (Å²) in [6.07, 6.45) is 0.699. The number of carboxylic acids is 1. The van der Waals surface area contributed by atoms with Gasteiger partial charge >= 0.3 is 5.97 Å². The topological polar surface area (TPSA) is 37.3 Å². The summed E-state index contributed by atoms with van der Waals surface area (Å²) < 4.78 is 0. The maximum Gasteiger partial charge on any atom is 0.316 e. The van der Waals surface area contributed by atoms with Crippen molar-refractivity contribution in [2.45, 2.75) is 23.2 Å². The Hall–Kier alpha value is -1.39. The van der Waals surface area contributed by atoms with Crippen LogP contribution in [0.5, 0.6) is 0 Å². The first kappa shape index (κ1) is 17.0. The first-order valence-corrected chi connectivity index (χ1v) is 9.46. The minimum atomic E-state index is -0.707. The summed E-state index contributed by atoms with van der Waals surface area (Å²) in [6, 6.07) is 20.3. The standard InChI is InChI=1S/C18H20O2S2/c19-18(20)17(22-14-16-9-5-2-6-10-16)11-12-21-13-15-7-3-1-4-8-15/h1-10,17H,11-14H2,(H,19,20). The minimum absolute atomic E-state index is 0.330. The molecule has 1 unspecified atom stereocenters. The Balaban J connectivity index is 1.71. The molecule has 0 heterocycles. The number of rotatable bonds is 9. The van der Waals surface area contributed by atoms with Crippen molar-refractivity contribution in [3.8, 4) is 0 Å². The van der Waals surface area contributed by atoms with Crippen LogP contribution in [0.25, 0.3) is 0 Å². The summed E-state index contributed by atoms with van der Waals surface area (Å²) in [5.74, 6) is 1.85. The van der Waals surface area contributed by atoms with Crippen molar-refractivity contribution < 1.29 is 9.90 Å². The zero-order valence-electron chi connectivity index (χ0n) is 12.4. The number of benzene rings is 2. The summed E-state index contributed by atoms with van der Waals surface area (Å²) in [6.45, 7) is 0. The van der Waals surface area contributed by atoms with E-state index in [4.69, 9.17) is 0 Å². The first-order chi connectivity index (χ1) is 10.8. The normalized spacial score (nSPS) is 12.0. The molecule has 0 amide bonds. The molecule has 0 spiro atoms. The summed E-state index contributed by atoms with van der Waals surface area (Å²) >= 11 is 3.31. The Bertz CT molecular complexity index is 558. The fourth-order valence-electron chi connectivity index (χ4n) is 2.00. The van der Waals surface area contributed by atoms with Gasteiger partial charge in [0.2, 0.25) is 0 Å². The molecule has 2 nitrogen and oxygen atoms in total. The van der Waals surface area contributed by atoms with Crippen molar-refractivity contribution >= 4 is 29.5 Å². The van der Waals surface area contributed by atoms with Gasteiger partial charge in [-0.1, -0.05) is 60.7 Å². The third-order valence-corrected chi connectivity index (χ3v) is 5.61. The third-order valence-electron chi connectivity index (χ3n) is 3.21. The molecule has 0 saturated heterocycles. The molecule has 1 N–H and O–H groups in total. The van der Waals surface area contributed by atoms with Crippen LogP contribution in [0.1, 0.15) is 17.5 Å². The molecule has 0 bridgehead atoms. The predicted molar refractivity (Wildman–Crippen MR) is 96.4 cm³/mol. The number of aliphatic carboxylic acids is 1. The van der Waals surface area contributed by atoms with Crippen molar-refractivity contribution in [2.24, 2.45) is 0 Å². The van der Waals surface area contributed by atoms with Crippen molar-refractivity contribution in [3.05, 3.63) is 71.8 Å². The molecule has 0 aliphatic rings. The van der Waals surface area contributed by atoms with Gasteiger partial charge in [-0.25, -0.2) is 0 Å². The van der Waals surface area contributed by atoms with E-state index in [0.717, 1.165) is 17.3 Å². The molecule has 0 aromatic heterocycles. The highest BCUT2D eigenvalue weighted by Gasteiger charge is 2.17. The van der Waals surface area contributed by atoms with E-state index in [2.05, 4.69) is 12.1 Å². The van der Waals surface area contributed by atoms with Crippen LogP contribution in [-0.2, 0) is 16.3 Å². The molecular formula is C18H20O2S2. The Kier molecular flexibility index (Phi) is 7.40. The van der Waals surface area contributed by atoms with Crippen LogP contribution in [0.15, 0.2) is 60.7 Å². The molecular weight excluding hydrogens is 312 g/mol. The molecule has 1 atom stereocenters. The second kappa shape index (κ2) is 9.59. The smallest absolute Gasteiger partial charge is 0.316 e. The molecule has 116 valence electrons. The van der Waals surface area contributed by atoms with E-state index in [1.165, 1.54) is 22.9 Å². The van der Waals surface area contributed by atoms with Crippen molar-refractivity contribution in [1.29, 1.82) is 0 Å². The summed E-state index contributed by atoms with van der Waals surface area (Å²) in [4.78, 5) is 11.4. The third kappa shape index (κ3) is 6.16. The highest BCUT2D eigenvalue weighted by Crippen LogP contribution is 2.23. The Labute approximate surface area is 140 Å². The quantitative estimate of drug-likeness (QED) is 0.676. The Morgan fingerprint density at radius 1 is 0.909 bits per heavy atom. The monoisotopic (exact) mass is 332 g/mol. The van der Waals surface area contributed by atoms with Crippen LogP contribution in [-0.4, -0.2) is 22.1 Å². The van der Waals surface area contributed by atoms with Crippen LogP contribution in [0.3, 0.4) is 0 Å². The highest BCUT2D eigenvalue weighted by atomic mass is 32.2. The molecule has 4 heteroatoms. The molecule has 0 aliphatic carbocycles. The Morgan fingerprint density at radius 2 is 1.45 bits per heavy atom. The van der Waals surface area contributed by atoms with Gasteiger partial charge in [0.05, 0.1) is 0 Å². The molecule has 22 heavy (non-hydrogen) atoms. The van der Waals surface area contributed by atoms with Gasteiger partial charge in [-0.05, 0) is 23.3 Å². The van der Waals surface area contributed by atoms with E-state index in [1.807, 2.05) is 48.5 Å². The zero-order chi connectivity index (χ0) is 15.6. The van der Waals surface area contributed by atoms with Gasteiger partial charge in [0.15, 0.2) is 0 Å². The molecule has 2 aromatic rings. The highest BCUT2D eigenvalue weighted by molar-refractivity contribution is 8.00. The van der Waals surface area contributed by atoms with E-state index in [9.17, 15) is 9.90 Å². The lowest BCUT2D eigenvalue weighted by Crippen LogP contribution is -2.17. The number of carbonyl (C=O) groups is 1. The van der Waals surface area contributed by atoms with Crippen LogP contribution in [0.4, 0.5) is 0 Å². The van der Waals surface area contributed by atoms with Crippen molar-refractivity contribution in [3.63, 3.8) is 0 Å². The van der Waals surface area contributed by atoms with Gasteiger partial charge in [-0.2, -0.15) is 11.8 Å². The molecule has 0 aliphatic heterocycles.